The van der Waals surface area contributed by atoms with Crippen LogP contribution in [0.1, 0.15) is 56.6 Å². The van der Waals surface area contributed by atoms with Gasteiger partial charge in [0.05, 0.1) is 16.9 Å². The molecule has 12 heteroatoms. The van der Waals surface area contributed by atoms with E-state index in [1.807, 2.05) is 0 Å². The number of benzene rings is 2. The number of hydrogen-bond acceptors (Lipinski definition) is 6. The Morgan fingerprint density at radius 3 is 2.33 bits per heavy atom. The highest BCUT2D eigenvalue weighted by molar-refractivity contribution is 7.92. The van der Waals surface area contributed by atoms with E-state index in [2.05, 4.69) is 5.32 Å². The van der Waals surface area contributed by atoms with Crippen LogP contribution >= 0.6 is 0 Å². The van der Waals surface area contributed by atoms with E-state index < -0.39 is 39.3 Å². The average Bonchev–Trinajstić information content (AvgIpc) is 2.88. The highest BCUT2D eigenvalue weighted by atomic mass is 32.2. The standard InChI is InChI=1S/C27H35FN4O6S/c1-4-24(27(34)29-22-8-6-5-7-9-22)30(17-20-11-13-21(28)14-12-20)26(33)18-31(39(3,37)38)25-16-23(32(35)36)15-10-19(25)2/h10-16,22,24H,4-9,17-18H2,1-3H3,(H,29,34). The lowest BCUT2D eigenvalue weighted by Crippen LogP contribution is -2.54. The van der Waals surface area contributed by atoms with Crippen LogP contribution in [0.4, 0.5) is 15.8 Å². The SMILES string of the molecule is CCC(C(=O)NC1CCCCC1)N(Cc1ccc(F)cc1)C(=O)CN(c1cc([N+](=O)[O-])ccc1C)S(C)(=O)=O. The van der Waals surface area contributed by atoms with Crippen LogP contribution in [0.2, 0.25) is 0 Å². The third-order valence-electron chi connectivity index (χ3n) is 6.96. The Hall–Kier alpha value is -3.54. The van der Waals surface area contributed by atoms with Crippen molar-refractivity contribution >= 4 is 33.2 Å². The first kappa shape index (κ1) is 30.0. The Morgan fingerprint density at radius 2 is 1.77 bits per heavy atom. The number of rotatable bonds is 11. The van der Waals surface area contributed by atoms with Crippen molar-refractivity contribution < 1.29 is 27.3 Å². The number of nitrogens with zero attached hydrogens (tertiary/aromatic N) is 3. The molecule has 0 spiro atoms. The fourth-order valence-corrected chi connectivity index (χ4v) is 5.72. The quantitative estimate of drug-likeness (QED) is 0.325. The predicted molar refractivity (Wildman–Crippen MR) is 146 cm³/mol. The molecule has 2 amide bonds. The van der Waals surface area contributed by atoms with Gasteiger partial charge in [-0.1, -0.05) is 44.4 Å². The van der Waals surface area contributed by atoms with Gasteiger partial charge in [-0.05, 0) is 49.4 Å². The van der Waals surface area contributed by atoms with Crippen LogP contribution in [0.15, 0.2) is 42.5 Å². The second-order valence-corrected chi connectivity index (χ2v) is 11.8. The molecule has 1 saturated carbocycles. The Balaban J connectivity index is 1.97. The molecule has 0 heterocycles. The minimum atomic E-state index is -4.05. The Bertz CT molecular complexity index is 1300. The molecule has 0 aromatic heterocycles. The van der Waals surface area contributed by atoms with Gasteiger partial charge in [0.2, 0.25) is 21.8 Å². The van der Waals surface area contributed by atoms with Crippen molar-refractivity contribution in [2.45, 2.75) is 71.0 Å². The van der Waals surface area contributed by atoms with Gasteiger partial charge >= 0.3 is 0 Å². The summed E-state index contributed by atoms with van der Waals surface area (Å²) in [7, 11) is -4.05. The van der Waals surface area contributed by atoms with E-state index in [-0.39, 0.29) is 36.3 Å². The summed E-state index contributed by atoms with van der Waals surface area (Å²) >= 11 is 0. The molecule has 1 aliphatic carbocycles. The minimum Gasteiger partial charge on any atom is -0.352 e. The number of aryl methyl sites for hydroxylation is 1. The number of hydrogen-bond donors (Lipinski definition) is 1. The molecule has 10 nitrogen and oxygen atoms in total. The van der Waals surface area contributed by atoms with Gasteiger partial charge in [-0.25, -0.2) is 12.8 Å². The zero-order valence-corrected chi connectivity index (χ0v) is 23.2. The lowest BCUT2D eigenvalue weighted by Gasteiger charge is -2.34. The summed E-state index contributed by atoms with van der Waals surface area (Å²) in [5.41, 5.74) is 0.664. The maximum atomic E-state index is 13.8. The van der Waals surface area contributed by atoms with Crippen LogP contribution in [0.25, 0.3) is 0 Å². The summed E-state index contributed by atoms with van der Waals surface area (Å²) in [6.45, 7) is 2.62. The number of nitro benzene ring substituents is 1. The van der Waals surface area contributed by atoms with Gasteiger partial charge < -0.3 is 10.2 Å². The fourth-order valence-electron chi connectivity index (χ4n) is 4.83. The molecule has 0 saturated heterocycles. The van der Waals surface area contributed by atoms with Crippen molar-refractivity contribution in [2.24, 2.45) is 0 Å². The third-order valence-corrected chi connectivity index (χ3v) is 8.08. The maximum absolute atomic E-state index is 13.8. The topological polar surface area (TPSA) is 130 Å². The van der Waals surface area contributed by atoms with Crippen LogP contribution in [0.5, 0.6) is 0 Å². The zero-order chi connectivity index (χ0) is 28.7. The van der Waals surface area contributed by atoms with Crippen molar-refractivity contribution in [3.63, 3.8) is 0 Å². The molecule has 1 aliphatic rings. The van der Waals surface area contributed by atoms with E-state index in [4.69, 9.17) is 0 Å². The number of sulfonamides is 1. The smallest absolute Gasteiger partial charge is 0.271 e. The number of halogens is 1. The highest BCUT2D eigenvalue weighted by Crippen LogP contribution is 2.28. The van der Waals surface area contributed by atoms with Crippen molar-refractivity contribution in [2.75, 3.05) is 17.1 Å². The number of nitrogens with one attached hydrogen (secondary N) is 1. The molecule has 1 N–H and O–H groups in total. The molecule has 2 aromatic rings. The van der Waals surface area contributed by atoms with E-state index in [1.54, 1.807) is 13.8 Å². The van der Waals surface area contributed by atoms with E-state index in [0.29, 0.717) is 11.1 Å². The number of non-ortho nitro benzene ring substituents is 1. The van der Waals surface area contributed by atoms with Crippen molar-refractivity contribution in [1.82, 2.24) is 10.2 Å². The molecular weight excluding hydrogens is 527 g/mol. The number of nitro groups is 1. The monoisotopic (exact) mass is 562 g/mol. The van der Waals surface area contributed by atoms with Gasteiger partial charge in [0, 0.05) is 24.7 Å². The van der Waals surface area contributed by atoms with Crippen molar-refractivity contribution in [3.05, 3.63) is 69.5 Å². The molecule has 0 radical (unpaired) electrons. The van der Waals surface area contributed by atoms with Gasteiger partial charge in [-0.15, -0.1) is 0 Å². The first-order valence-corrected chi connectivity index (χ1v) is 14.8. The van der Waals surface area contributed by atoms with Crippen molar-refractivity contribution in [3.8, 4) is 0 Å². The first-order chi connectivity index (χ1) is 18.4. The first-order valence-electron chi connectivity index (χ1n) is 13.0. The summed E-state index contributed by atoms with van der Waals surface area (Å²) in [5, 5.41) is 14.4. The molecule has 1 fully saturated rings. The number of amides is 2. The third kappa shape index (κ3) is 7.98. The summed E-state index contributed by atoms with van der Waals surface area (Å²) < 4.78 is 40.0. The summed E-state index contributed by atoms with van der Waals surface area (Å²) in [6, 6.07) is 8.37. The van der Waals surface area contributed by atoms with Gasteiger partial charge in [0.25, 0.3) is 5.69 Å². The Labute approximate surface area is 228 Å². The number of carbonyl (C=O) groups is 2. The second kappa shape index (κ2) is 13.0. The molecule has 1 unspecified atom stereocenters. The lowest BCUT2D eigenvalue weighted by atomic mass is 9.95. The van der Waals surface area contributed by atoms with Crippen LogP contribution in [-0.2, 0) is 26.2 Å². The molecule has 1 atom stereocenters. The van der Waals surface area contributed by atoms with Crippen LogP contribution < -0.4 is 9.62 Å². The largest absolute Gasteiger partial charge is 0.352 e. The average molecular weight is 563 g/mol. The van der Waals surface area contributed by atoms with Gasteiger partial charge in [0.15, 0.2) is 0 Å². The van der Waals surface area contributed by atoms with E-state index in [0.717, 1.165) is 48.7 Å². The molecule has 212 valence electrons. The van der Waals surface area contributed by atoms with E-state index in [1.165, 1.54) is 41.3 Å². The molecule has 0 aliphatic heterocycles. The normalized spacial score (nSPS) is 14.9. The number of carbonyl (C=O) groups excluding carboxylic acids is 2. The summed E-state index contributed by atoms with van der Waals surface area (Å²) in [6.07, 6.45) is 6.00. The summed E-state index contributed by atoms with van der Waals surface area (Å²) in [5.74, 6) is -1.46. The van der Waals surface area contributed by atoms with Gasteiger partial charge in [-0.3, -0.25) is 24.0 Å². The molecular formula is C27H35FN4O6S. The lowest BCUT2D eigenvalue weighted by molar-refractivity contribution is -0.384. The number of anilines is 1. The highest BCUT2D eigenvalue weighted by Gasteiger charge is 2.33. The second-order valence-electron chi connectivity index (χ2n) is 9.91. The van der Waals surface area contributed by atoms with Crippen LogP contribution in [0, 0.1) is 22.9 Å². The molecule has 2 aromatic carbocycles. The van der Waals surface area contributed by atoms with E-state index >= 15 is 0 Å². The summed E-state index contributed by atoms with van der Waals surface area (Å²) in [4.78, 5) is 39.2. The van der Waals surface area contributed by atoms with E-state index in [9.17, 15) is 32.5 Å². The predicted octanol–water partition coefficient (Wildman–Crippen LogP) is 4.06. The van der Waals surface area contributed by atoms with Crippen LogP contribution in [0.3, 0.4) is 0 Å². The zero-order valence-electron chi connectivity index (χ0n) is 22.4. The molecule has 39 heavy (non-hydrogen) atoms. The maximum Gasteiger partial charge on any atom is 0.271 e. The van der Waals surface area contributed by atoms with Gasteiger partial charge in [0.1, 0.15) is 18.4 Å². The minimum absolute atomic E-state index is 0.00138. The molecule has 3 rings (SSSR count). The Morgan fingerprint density at radius 1 is 1.13 bits per heavy atom. The fraction of sp³-hybridized carbons (Fsp3) is 0.481. The van der Waals surface area contributed by atoms with Gasteiger partial charge in [-0.2, -0.15) is 0 Å². The Kier molecular flexibility index (Phi) is 10.0. The van der Waals surface area contributed by atoms with Crippen LogP contribution in [-0.4, -0.2) is 54.9 Å². The van der Waals surface area contributed by atoms with Crippen molar-refractivity contribution in [1.29, 1.82) is 0 Å². The molecule has 0 bridgehead atoms.